The summed E-state index contributed by atoms with van der Waals surface area (Å²) in [6.07, 6.45) is 1.39. The lowest BCUT2D eigenvalue weighted by Gasteiger charge is -2.11. The molecule has 0 aromatic heterocycles. The van der Waals surface area contributed by atoms with E-state index >= 15 is 0 Å². The molecule has 1 aromatic rings. The summed E-state index contributed by atoms with van der Waals surface area (Å²) in [5, 5.41) is 23.1. The Bertz CT molecular complexity index is 545. The molecule has 0 bridgehead atoms. The first-order valence-corrected chi connectivity index (χ1v) is 6.15. The Morgan fingerprint density at radius 2 is 1.70 bits per heavy atom. The summed E-state index contributed by atoms with van der Waals surface area (Å²) in [6.45, 7) is 1.08. The average Bonchev–Trinajstić information content (AvgIpc) is 2.53. The third-order valence-corrected chi connectivity index (χ3v) is 2.22. The van der Waals surface area contributed by atoms with Gasteiger partial charge in [-0.3, -0.25) is 10.0 Å². The third kappa shape index (κ3) is 7.52. The molecule has 0 saturated carbocycles. The van der Waals surface area contributed by atoms with Crippen LogP contribution in [0.1, 0.15) is 12.5 Å². The van der Waals surface area contributed by atoms with Crippen LogP contribution >= 0.6 is 0 Å². The number of aliphatic carboxylic acids is 1. The van der Waals surface area contributed by atoms with E-state index in [2.05, 4.69) is 10.2 Å². The number of guanidine groups is 1. The number of carboxylic acid groups (broad SMARTS) is 1. The van der Waals surface area contributed by atoms with Crippen molar-refractivity contribution < 1.29 is 29.3 Å². The smallest absolute Gasteiger partial charge is 0.300 e. The van der Waals surface area contributed by atoms with Crippen molar-refractivity contribution in [3.05, 3.63) is 17.7 Å². The summed E-state index contributed by atoms with van der Waals surface area (Å²) in [4.78, 5) is 9.00. The van der Waals surface area contributed by atoms with Gasteiger partial charge in [-0.1, -0.05) is 0 Å². The Kier molecular flexibility index (Phi) is 9.28. The summed E-state index contributed by atoms with van der Waals surface area (Å²) in [7, 11) is 4.57. The quantitative estimate of drug-likeness (QED) is 0.345. The number of nitrogens with two attached hydrogens (primary N) is 1. The number of benzene rings is 1. The summed E-state index contributed by atoms with van der Waals surface area (Å²) in [5.74, 6) is 0.532. The van der Waals surface area contributed by atoms with Crippen LogP contribution in [0, 0.1) is 0 Å². The van der Waals surface area contributed by atoms with Crippen molar-refractivity contribution in [2.24, 2.45) is 15.9 Å². The second-order valence-electron chi connectivity index (χ2n) is 3.81. The number of ether oxygens (including phenoxy) is 3. The van der Waals surface area contributed by atoms with Crippen LogP contribution < -0.4 is 25.4 Å². The molecule has 1 rings (SSSR count). The molecule has 0 saturated heterocycles. The van der Waals surface area contributed by atoms with Crippen LogP contribution in [0.15, 0.2) is 22.3 Å². The van der Waals surface area contributed by atoms with Gasteiger partial charge in [0, 0.05) is 19.1 Å². The maximum absolute atomic E-state index is 9.00. The molecule has 0 amide bonds. The molecule has 0 heterocycles. The molecular formula is C13H20N4O6. The highest BCUT2D eigenvalue weighted by molar-refractivity contribution is 5.88. The van der Waals surface area contributed by atoms with E-state index in [0.29, 0.717) is 22.8 Å². The predicted molar refractivity (Wildman–Crippen MR) is 83.5 cm³/mol. The molecule has 0 spiro atoms. The first kappa shape index (κ1) is 20.0. The maximum Gasteiger partial charge on any atom is 0.300 e. The van der Waals surface area contributed by atoms with E-state index in [9.17, 15) is 0 Å². The zero-order chi connectivity index (χ0) is 17.8. The minimum Gasteiger partial charge on any atom is -0.496 e. The molecule has 0 aliphatic rings. The molecule has 0 unspecified atom stereocenters. The lowest BCUT2D eigenvalue weighted by Crippen LogP contribution is -2.27. The van der Waals surface area contributed by atoms with Gasteiger partial charge in [0.2, 0.25) is 5.96 Å². The van der Waals surface area contributed by atoms with Gasteiger partial charge in [-0.05, 0) is 0 Å². The van der Waals surface area contributed by atoms with E-state index in [0.717, 1.165) is 6.92 Å². The highest BCUT2D eigenvalue weighted by atomic mass is 16.5. The van der Waals surface area contributed by atoms with Crippen molar-refractivity contribution in [2.75, 3.05) is 21.3 Å². The molecule has 0 aliphatic heterocycles. The van der Waals surface area contributed by atoms with Crippen LogP contribution in [-0.2, 0) is 4.79 Å². The number of methoxy groups -OCH3 is 3. The zero-order valence-electron chi connectivity index (χ0n) is 13.2. The van der Waals surface area contributed by atoms with Crippen molar-refractivity contribution in [1.82, 2.24) is 5.48 Å². The normalized spacial score (nSPS) is 10.6. The van der Waals surface area contributed by atoms with Gasteiger partial charge in [-0.15, -0.1) is 5.10 Å². The topological polar surface area (TPSA) is 148 Å². The summed E-state index contributed by atoms with van der Waals surface area (Å²) in [5.41, 5.74) is 7.44. The number of hydrogen-bond acceptors (Lipinski definition) is 7. The first-order chi connectivity index (χ1) is 10.9. The Balaban J connectivity index is 0.00000108. The predicted octanol–water partition coefficient (Wildman–Crippen LogP) is 0.431. The van der Waals surface area contributed by atoms with Gasteiger partial charge in [0.05, 0.1) is 33.1 Å². The molecule has 23 heavy (non-hydrogen) atoms. The molecular weight excluding hydrogens is 308 g/mol. The van der Waals surface area contributed by atoms with Crippen molar-refractivity contribution >= 4 is 18.1 Å². The van der Waals surface area contributed by atoms with E-state index < -0.39 is 5.97 Å². The minimum absolute atomic E-state index is 0.234. The molecule has 0 fully saturated rings. The van der Waals surface area contributed by atoms with Crippen LogP contribution in [0.2, 0.25) is 0 Å². The monoisotopic (exact) mass is 328 g/mol. The summed E-state index contributed by atoms with van der Waals surface area (Å²) in [6, 6.07) is 3.36. The maximum atomic E-state index is 9.00. The van der Waals surface area contributed by atoms with Crippen LogP contribution in [0.25, 0.3) is 0 Å². The van der Waals surface area contributed by atoms with Crippen molar-refractivity contribution in [3.63, 3.8) is 0 Å². The van der Waals surface area contributed by atoms with Crippen LogP contribution in [0.3, 0.4) is 0 Å². The third-order valence-electron chi connectivity index (χ3n) is 2.22. The van der Waals surface area contributed by atoms with Gasteiger partial charge in [-0.2, -0.15) is 5.10 Å². The van der Waals surface area contributed by atoms with Gasteiger partial charge in [0.25, 0.3) is 5.97 Å². The van der Waals surface area contributed by atoms with Crippen molar-refractivity contribution in [3.8, 4) is 17.2 Å². The highest BCUT2D eigenvalue weighted by Crippen LogP contribution is 2.32. The fourth-order valence-electron chi connectivity index (χ4n) is 1.33. The SMILES string of the molecule is CC(=O)O.COc1cc(OC)c(/C=N/N=C(/N)NO)c(OC)c1. The van der Waals surface area contributed by atoms with E-state index in [1.807, 2.05) is 0 Å². The molecule has 1 aromatic carbocycles. The highest BCUT2D eigenvalue weighted by Gasteiger charge is 2.11. The lowest BCUT2D eigenvalue weighted by molar-refractivity contribution is -0.134. The van der Waals surface area contributed by atoms with Gasteiger partial charge in [0.15, 0.2) is 0 Å². The largest absolute Gasteiger partial charge is 0.496 e. The second kappa shape index (κ2) is 10.7. The number of carboxylic acids is 1. The van der Waals surface area contributed by atoms with Gasteiger partial charge in [0.1, 0.15) is 17.2 Å². The minimum atomic E-state index is -0.833. The Morgan fingerprint density at radius 1 is 1.22 bits per heavy atom. The summed E-state index contributed by atoms with van der Waals surface area (Å²) >= 11 is 0. The van der Waals surface area contributed by atoms with Crippen LogP contribution in [0.4, 0.5) is 0 Å². The second-order valence-corrected chi connectivity index (χ2v) is 3.81. The molecule has 0 aliphatic carbocycles. The molecule has 0 atom stereocenters. The molecule has 10 heteroatoms. The summed E-state index contributed by atoms with van der Waals surface area (Å²) < 4.78 is 15.6. The fraction of sp³-hybridized carbons (Fsp3) is 0.308. The van der Waals surface area contributed by atoms with E-state index in [1.165, 1.54) is 20.4 Å². The van der Waals surface area contributed by atoms with Gasteiger partial charge < -0.3 is 25.1 Å². The number of hydroxylamine groups is 1. The lowest BCUT2D eigenvalue weighted by atomic mass is 10.2. The standard InChI is InChI=1S/C11H16N4O4.C2H4O2/c1-17-7-4-9(18-2)8(10(5-7)19-3)6-13-14-11(12)15-16;1-2(3)4/h4-6,16H,1-3H3,(H3,12,14,15);1H3,(H,3,4)/b13-6+;. The first-order valence-electron chi connectivity index (χ1n) is 6.15. The molecule has 0 radical (unpaired) electrons. The number of hydrogen-bond donors (Lipinski definition) is 4. The van der Waals surface area contributed by atoms with Crippen LogP contribution in [-0.4, -0.2) is 49.8 Å². The fourth-order valence-corrected chi connectivity index (χ4v) is 1.33. The van der Waals surface area contributed by atoms with E-state index in [1.54, 1.807) is 24.7 Å². The van der Waals surface area contributed by atoms with Gasteiger partial charge in [-0.25, -0.2) is 5.48 Å². The Morgan fingerprint density at radius 3 is 2.04 bits per heavy atom. The molecule has 128 valence electrons. The van der Waals surface area contributed by atoms with E-state index in [-0.39, 0.29) is 5.96 Å². The van der Waals surface area contributed by atoms with E-state index in [4.69, 9.17) is 35.1 Å². The number of nitrogens with zero attached hydrogens (tertiary/aromatic N) is 2. The number of nitrogens with one attached hydrogen (secondary N) is 1. The van der Waals surface area contributed by atoms with Crippen molar-refractivity contribution in [2.45, 2.75) is 6.92 Å². The molecule has 5 N–H and O–H groups in total. The van der Waals surface area contributed by atoms with Gasteiger partial charge >= 0.3 is 0 Å². The Hall–Kier alpha value is -3.01. The zero-order valence-corrected chi connectivity index (χ0v) is 13.2. The number of rotatable bonds is 5. The molecule has 10 nitrogen and oxygen atoms in total. The van der Waals surface area contributed by atoms with Crippen LogP contribution in [0.5, 0.6) is 17.2 Å². The van der Waals surface area contributed by atoms with Crippen molar-refractivity contribution in [1.29, 1.82) is 0 Å². The Labute approximate surface area is 133 Å². The number of carbonyl (C=O) groups is 1. The average molecular weight is 328 g/mol.